The predicted octanol–water partition coefficient (Wildman–Crippen LogP) is 0.543. The van der Waals surface area contributed by atoms with E-state index in [1.165, 1.54) is 0 Å². The monoisotopic (exact) mass is 186 g/mol. The Hall–Kier alpha value is -0.120. The highest BCUT2D eigenvalue weighted by Crippen LogP contribution is 2.48. The second-order valence-electron chi connectivity index (χ2n) is 5.12. The van der Waals surface area contributed by atoms with Gasteiger partial charge in [0.2, 0.25) is 0 Å². The predicted molar refractivity (Wildman–Crippen MR) is 48.3 cm³/mol. The van der Waals surface area contributed by atoms with Crippen LogP contribution in [0.4, 0.5) is 0 Å². The van der Waals surface area contributed by atoms with E-state index in [9.17, 15) is 5.11 Å². The molecule has 0 bridgehead atoms. The lowest BCUT2D eigenvalue weighted by Crippen LogP contribution is -2.30. The molecule has 2 fully saturated rings. The maximum atomic E-state index is 9.81. The van der Waals surface area contributed by atoms with Gasteiger partial charge in [0.05, 0.1) is 18.8 Å². The molecule has 3 nitrogen and oxygen atoms in total. The van der Waals surface area contributed by atoms with Gasteiger partial charge in [-0.15, -0.1) is 0 Å². The molecule has 1 saturated carbocycles. The van der Waals surface area contributed by atoms with Crippen LogP contribution in [0.25, 0.3) is 0 Å². The molecule has 1 aliphatic carbocycles. The van der Waals surface area contributed by atoms with Crippen molar-refractivity contribution in [2.24, 2.45) is 11.3 Å². The fourth-order valence-corrected chi connectivity index (χ4v) is 2.77. The average Bonchev–Trinajstić information content (AvgIpc) is 2.47. The molecule has 4 atom stereocenters. The minimum Gasteiger partial charge on any atom is -0.394 e. The zero-order valence-corrected chi connectivity index (χ0v) is 8.23. The lowest BCUT2D eigenvalue weighted by Gasteiger charge is -2.21. The van der Waals surface area contributed by atoms with Crippen LogP contribution in [0.5, 0.6) is 0 Å². The van der Waals surface area contributed by atoms with E-state index in [0.717, 1.165) is 12.8 Å². The molecular weight excluding hydrogens is 168 g/mol. The molecule has 0 aromatic heterocycles. The van der Waals surface area contributed by atoms with Crippen LogP contribution in [-0.4, -0.2) is 35.1 Å². The Kier molecular flexibility index (Phi) is 2.13. The molecule has 0 spiro atoms. The summed E-state index contributed by atoms with van der Waals surface area (Å²) in [6.45, 7) is 4.35. The summed E-state index contributed by atoms with van der Waals surface area (Å²) < 4.78 is 5.58. The van der Waals surface area contributed by atoms with Crippen molar-refractivity contribution in [3.05, 3.63) is 0 Å². The maximum Gasteiger partial charge on any atom is 0.107 e. The van der Waals surface area contributed by atoms with E-state index in [-0.39, 0.29) is 30.1 Å². The highest BCUT2D eigenvalue weighted by molar-refractivity contribution is 4.99. The number of rotatable bonds is 1. The van der Waals surface area contributed by atoms with Crippen LogP contribution in [0.3, 0.4) is 0 Å². The van der Waals surface area contributed by atoms with Gasteiger partial charge in [0, 0.05) is 5.92 Å². The summed E-state index contributed by atoms with van der Waals surface area (Å²) in [4.78, 5) is 0. The normalized spacial score (nSPS) is 48.0. The van der Waals surface area contributed by atoms with E-state index in [4.69, 9.17) is 9.84 Å². The Morgan fingerprint density at radius 3 is 2.62 bits per heavy atom. The Morgan fingerprint density at radius 2 is 2.08 bits per heavy atom. The molecule has 76 valence electrons. The van der Waals surface area contributed by atoms with Crippen molar-refractivity contribution in [2.75, 3.05) is 6.61 Å². The van der Waals surface area contributed by atoms with Gasteiger partial charge < -0.3 is 14.9 Å². The Morgan fingerprint density at radius 1 is 1.38 bits per heavy atom. The Balaban J connectivity index is 2.07. The molecule has 1 saturated heterocycles. The number of hydrogen-bond donors (Lipinski definition) is 2. The summed E-state index contributed by atoms with van der Waals surface area (Å²) in [5, 5.41) is 18.7. The fraction of sp³-hybridized carbons (Fsp3) is 1.00. The van der Waals surface area contributed by atoms with Gasteiger partial charge in [0.15, 0.2) is 0 Å². The largest absolute Gasteiger partial charge is 0.394 e. The molecule has 1 heterocycles. The zero-order chi connectivity index (χ0) is 9.64. The molecule has 13 heavy (non-hydrogen) atoms. The van der Waals surface area contributed by atoms with Gasteiger partial charge in [-0.1, -0.05) is 13.8 Å². The van der Waals surface area contributed by atoms with Gasteiger partial charge in [0.1, 0.15) is 6.10 Å². The molecule has 2 aliphatic rings. The second-order valence-corrected chi connectivity index (χ2v) is 5.12. The van der Waals surface area contributed by atoms with E-state index in [2.05, 4.69) is 13.8 Å². The van der Waals surface area contributed by atoms with Gasteiger partial charge in [-0.25, -0.2) is 0 Å². The first-order valence-electron chi connectivity index (χ1n) is 4.98. The van der Waals surface area contributed by atoms with Crippen molar-refractivity contribution in [1.82, 2.24) is 0 Å². The number of aliphatic hydroxyl groups excluding tert-OH is 2. The minimum atomic E-state index is -0.461. The van der Waals surface area contributed by atoms with Crippen LogP contribution in [-0.2, 0) is 4.74 Å². The highest BCUT2D eigenvalue weighted by Gasteiger charge is 2.51. The second kappa shape index (κ2) is 2.94. The van der Waals surface area contributed by atoms with Gasteiger partial charge in [-0.2, -0.15) is 0 Å². The van der Waals surface area contributed by atoms with Crippen LogP contribution in [0, 0.1) is 11.3 Å². The first kappa shape index (κ1) is 9.44. The number of hydrogen-bond acceptors (Lipinski definition) is 3. The van der Waals surface area contributed by atoms with Crippen LogP contribution in [0.1, 0.15) is 26.7 Å². The topological polar surface area (TPSA) is 49.7 Å². The molecule has 3 heteroatoms. The van der Waals surface area contributed by atoms with Gasteiger partial charge in [0.25, 0.3) is 0 Å². The third-order valence-corrected chi connectivity index (χ3v) is 3.37. The maximum absolute atomic E-state index is 9.81. The Bertz CT molecular complexity index is 202. The first-order chi connectivity index (χ1) is 6.03. The van der Waals surface area contributed by atoms with Crippen molar-refractivity contribution >= 4 is 0 Å². The third kappa shape index (κ3) is 1.49. The summed E-state index contributed by atoms with van der Waals surface area (Å²) in [6, 6.07) is 0. The van der Waals surface area contributed by atoms with E-state index in [1.54, 1.807) is 0 Å². The van der Waals surface area contributed by atoms with Gasteiger partial charge in [-0.05, 0) is 18.3 Å². The molecule has 2 N–H and O–H groups in total. The fourth-order valence-electron chi connectivity index (χ4n) is 2.77. The summed E-state index contributed by atoms with van der Waals surface area (Å²) in [7, 11) is 0. The van der Waals surface area contributed by atoms with E-state index in [0.29, 0.717) is 0 Å². The van der Waals surface area contributed by atoms with Crippen molar-refractivity contribution in [3.8, 4) is 0 Å². The lowest BCUT2D eigenvalue weighted by molar-refractivity contribution is -0.0313. The Labute approximate surface area is 78.7 Å². The summed E-state index contributed by atoms with van der Waals surface area (Å²) in [6.07, 6.45) is 1.38. The average molecular weight is 186 g/mol. The SMILES string of the molecule is CC1(C)C[C@@H]2[C@@H](O)[C@@H](CO)O[C@@H]2C1. The third-order valence-electron chi connectivity index (χ3n) is 3.37. The minimum absolute atomic E-state index is 0.0609. The molecule has 0 unspecified atom stereocenters. The van der Waals surface area contributed by atoms with Gasteiger partial charge in [-0.3, -0.25) is 0 Å². The molecule has 1 aliphatic heterocycles. The van der Waals surface area contributed by atoms with Gasteiger partial charge >= 0.3 is 0 Å². The zero-order valence-electron chi connectivity index (χ0n) is 8.23. The molecule has 0 aromatic rings. The number of aliphatic hydroxyl groups is 2. The summed E-state index contributed by atoms with van der Waals surface area (Å²) in [5.41, 5.74) is 0.288. The van der Waals surface area contributed by atoms with Crippen molar-refractivity contribution in [2.45, 2.75) is 45.0 Å². The molecule has 2 rings (SSSR count). The van der Waals surface area contributed by atoms with E-state index < -0.39 is 6.10 Å². The first-order valence-corrected chi connectivity index (χ1v) is 4.98. The van der Waals surface area contributed by atoms with Crippen LogP contribution < -0.4 is 0 Å². The number of ether oxygens (including phenoxy) is 1. The van der Waals surface area contributed by atoms with Crippen LogP contribution in [0.15, 0.2) is 0 Å². The number of fused-ring (bicyclic) bond motifs is 1. The van der Waals surface area contributed by atoms with E-state index in [1.807, 2.05) is 0 Å². The van der Waals surface area contributed by atoms with Crippen LogP contribution in [0.2, 0.25) is 0 Å². The van der Waals surface area contributed by atoms with Crippen molar-refractivity contribution in [3.63, 3.8) is 0 Å². The van der Waals surface area contributed by atoms with E-state index >= 15 is 0 Å². The van der Waals surface area contributed by atoms with Crippen LogP contribution >= 0.6 is 0 Å². The standard InChI is InChI=1S/C10H18O3/c1-10(2)3-6-7(4-10)13-8(5-11)9(6)12/h6-9,11-12H,3-5H2,1-2H3/t6-,7+,8+,9+/m0/s1. The molecular formula is C10H18O3. The molecule has 0 amide bonds. The van der Waals surface area contributed by atoms with Crippen molar-refractivity contribution < 1.29 is 14.9 Å². The quantitative estimate of drug-likeness (QED) is 0.628. The molecule has 0 radical (unpaired) electrons. The summed E-state index contributed by atoms with van der Waals surface area (Å²) in [5.74, 6) is 0.243. The summed E-state index contributed by atoms with van der Waals surface area (Å²) >= 11 is 0. The highest BCUT2D eigenvalue weighted by atomic mass is 16.5. The molecule has 0 aromatic carbocycles. The smallest absolute Gasteiger partial charge is 0.107 e. The van der Waals surface area contributed by atoms with Crippen molar-refractivity contribution in [1.29, 1.82) is 0 Å². The lowest BCUT2D eigenvalue weighted by atomic mass is 9.88.